The molecule has 1 aliphatic heterocycles. The van der Waals surface area contributed by atoms with Crippen LogP contribution in [-0.4, -0.2) is 5.91 Å². The number of benzene rings is 2. The number of rotatable bonds is 2. The first-order valence-corrected chi connectivity index (χ1v) is 6.76. The topological polar surface area (TPSA) is 67.2 Å². The van der Waals surface area contributed by atoms with Gasteiger partial charge in [0.05, 0.1) is 23.5 Å². The summed E-state index contributed by atoms with van der Waals surface area (Å²) in [6, 6.07) is 8.05. The van der Waals surface area contributed by atoms with Gasteiger partial charge in [0, 0.05) is 10.2 Å². The molecule has 2 aromatic rings. The summed E-state index contributed by atoms with van der Waals surface area (Å²) in [7, 11) is 0. The van der Waals surface area contributed by atoms with Gasteiger partial charge in [-0.3, -0.25) is 4.79 Å². The highest BCUT2D eigenvalue weighted by Crippen LogP contribution is 2.34. The lowest BCUT2D eigenvalue weighted by atomic mass is 10.1. The molecule has 1 amide bonds. The molecule has 0 saturated carbocycles. The molecule has 0 atom stereocenters. The highest BCUT2D eigenvalue weighted by Gasteiger charge is 2.19. The number of carbonyl (C=O) groups excluding carboxylic acids is 1. The largest absolute Gasteiger partial charge is 0.397 e. The summed E-state index contributed by atoms with van der Waals surface area (Å²) in [5.41, 5.74) is 8.85. The molecule has 2 aromatic carbocycles. The van der Waals surface area contributed by atoms with E-state index < -0.39 is 0 Å². The summed E-state index contributed by atoms with van der Waals surface area (Å²) >= 11 is 3.29. The van der Waals surface area contributed by atoms with Crippen LogP contribution in [0.4, 0.5) is 27.1 Å². The minimum Gasteiger partial charge on any atom is -0.397 e. The number of amides is 1. The van der Waals surface area contributed by atoms with Crippen LogP contribution in [0.25, 0.3) is 0 Å². The molecule has 0 aromatic heterocycles. The standard InChI is InChI=1S/C14H11BrFN3O/c15-8-1-2-9(16)12(5-8)18-13-6-11-7(3-10(13)17)4-14(20)19-11/h1-3,5-6,18H,4,17H2,(H,19,20). The molecular weight excluding hydrogens is 325 g/mol. The van der Waals surface area contributed by atoms with Crippen molar-refractivity contribution in [3.63, 3.8) is 0 Å². The van der Waals surface area contributed by atoms with E-state index in [-0.39, 0.29) is 11.7 Å². The van der Waals surface area contributed by atoms with Gasteiger partial charge in [0.25, 0.3) is 0 Å². The van der Waals surface area contributed by atoms with Crippen molar-refractivity contribution in [3.05, 3.63) is 46.2 Å². The van der Waals surface area contributed by atoms with Gasteiger partial charge in [0.1, 0.15) is 5.82 Å². The van der Waals surface area contributed by atoms with Crippen molar-refractivity contribution in [2.75, 3.05) is 16.4 Å². The summed E-state index contributed by atoms with van der Waals surface area (Å²) < 4.78 is 14.5. The summed E-state index contributed by atoms with van der Waals surface area (Å²) in [5.74, 6) is -0.442. The maximum absolute atomic E-state index is 13.7. The van der Waals surface area contributed by atoms with E-state index in [2.05, 4.69) is 26.6 Å². The number of nitrogen functional groups attached to an aromatic ring is 1. The average Bonchev–Trinajstić information content (AvgIpc) is 2.73. The Morgan fingerprint density at radius 2 is 2.05 bits per heavy atom. The molecule has 1 aliphatic rings. The molecule has 20 heavy (non-hydrogen) atoms. The Bertz CT molecular complexity index is 718. The van der Waals surface area contributed by atoms with Crippen LogP contribution in [0.1, 0.15) is 5.56 Å². The zero-order valence-electron chi connectivity index (χ0n) is 10.3. The van der Waals surface area contributed by atoms with E-state index in [1.807, 2.05) is 0 Å². The number of nitrogens with two attached hydrogens (primary N) is 1. The molecule has 4 nitrogen and oxygen atoms in total. The quantitative estimate of drug-likeness (QED) is 0.737. The van der Waals surface area contributed by atoms with Crippen molar-refractivity contribution in [1.29, 1.82) is 0 Å². The molecule has 0 radical (unpaired) electrons. The molecule has 0 aliphatic carbocycles. The number of hydrogen-bond acceptors (Lipinski definition) is 3. The molecular formula is C14H11BrFN3O. The second-order valence-electron chi connectivity index (χ2n) is 4.57. The Morgan fingerprint density at radius 1 is 1.25 bits per heavy atom. The van der Waals surface area contributed by atoms with Crippen LogP contribution < -0.4 is 16.4 Å². The molecule has 0 saturated heterocycles. The summed E-state index contributed by atoms with van der Waals surface area (Å²) in [5, 5.41) is 5.68. The highest BCUT2D eigenvalue weighted by molar-refractivity contribution is 9.10. The first kappa shape index (κ1) is 12.9. The summed E-state index contributed by atoms with van der Waals surface area (Å²) in [4.78, 5) is 11.3. The van der Waals surface area contributed by atoms with Crippen LogP contribution in [0.2, 0.25) is 0 Å². The van der Waals surface area contributed by atoms with Gasteiger partial charge in [-0.25, -0.2) is 4.39 Å². The Balaban J connectivity index is 1.97. The third-order valence-electron chi connectivity index (χ3n) is 3.10. The van der Waals surface area contributed by atoms with Gasteiger partial charge >= 0.3 is 0 Å². The zero-order chi connectivity index (χ0) is 14.3. The molecule has 0 spiro atoms. The molecule has 4 N–H and O–H groups in total. The number of nitrogens with one attached hydrogen (secondary N) is 2. The number of fused-ring (bicyclic) bond motifs is 1. The fraction of sp³-hybridized carbons (Fsp3) is 0.0714. The third kappa shape index (κ3) is 2.34. The van der Waals surface area contributed by atoms with Crippen LogP contribution >= 0.6 is 15.9 Å². The minimum atomic E-state index is -0.378. The second-order valence-corrected chi connectivity index (χ2v) is 5.49. The van der Waals surface area contributed by atoms with Crippen LogP contribution in [-0.2, 0) is 11.2 Å². The number of carbonyl (C=O) groups is 1. The second kappa shape index (κ2) is 4.79. The van der Waals surface area contributed by atoms with Crippen LogP contribution in [0.5, 0.6) is 0 Å². The predicted octanol–water partition coefficient (Wildman–Crippen LogP) is 3.41. The van der Waals surface area contributed by atoms with Crippen LogP contribution in [0.15, 0.2) is 34.8 Å². The summed E-state index contributed by atoms with van der Waals surface area (Å²) in [6.07, 6.45) is 0.324. The van der Waals surface area contributed by atoms with E-state index in [9.17, 15) is 9.18 Å². The Kier molecular flexibility index (Phi) is 3.10. The molecule has 0 bridgehead atoms. The van der Waals surface area contributed by atoms with Gasteiger partial charge in [-0.15, -0.1) is 0 Å². The normalized spacial score (nSPS) is 13.0. The Morgan fingerprint density at radius 3 is 2.85 bits per heavy atom. The van der Waals surface area contributed by atoms with E-state index in [0.29, 0.717) is 29.2 Å². The Labute approximate surface area is 123 Å². The number of anilines is 4. The van der Waals surface area contributed by atoms with Crippen LogP contribution in [0.3, 0.4) is 0 Å². The third-order valence-corrected chi connectivity index (χ3v) is 3.59. The van der Waals surface area contributed by atoms with Crippen molar-refractivity contribution < 1.29 is 9.18 Å². The molecule has 6 heteroatoms. The van der Waals surface area contributed by atoms with Crippen LogP contribution in [0, 0.1) is 5.82 Å². The Hall–Kier alpha value is -2.08. The fourth-order valence-corrected chi connectivity index (χ4v) is 2.50. The monoisotopic (exact) mass is 335 g/mol. The minimum absolute atomic E-state index is 0.0646. The van der Waals surface area contributed by atoms with Crippen molar-refractivity contribution in [3.8, 4) is 0 Å². The maximum Gasteiger partial charge on any atom is 0.228 e. The lowest BCUT2D eigenvalue weighted by Crippen LogP contribution is -2.03. The van der Waals surface area contributed by atoms with Crippen molar-refractivity contribution >= 4 is 44.6 Å². The van der Waals surface area contributed by atoms with Gasteiger partial charge in [0.15, 0.2) is 0 Å². The van der Waals surface area contributed by atoms with E-state index in [1.165, 1.54) is 6.07 Å². The van der Waals surface area contributed by atoms with E-state index in [1.54, 1.807) is 24.3 Å². The van der Waals surface area contributed by atoms with Gasteiger partial charge in [-0.05, 0) is 35.9 Å². The molecule has 3 rings (SSSR count). The first-order chi connectivity index (χ1) is 9.52. The van der Waals surface area contributed by atoms with E-state index in [4.69, 9.17) is 5.73 Å². The lowest BCUT2D eigenvalue weighted by molar-refractivity contribution is -0.115. The first-order valence-electron chi connectivity index (χ1n) is 5.97. The predicted molar refractivity (Wildman–Crippen MR) is 80.6 cm³/mol. The maximum atomic E-state index is 13.7. The SMILES string of the molecule is Nc1cc2c(cc1Nc1cc(Br)ccc1F)NC(=O)C2. The van der Waals surface area contributed by atoms with Gasteiger partial charge < -0.3 is 16.4 Å². The van der Waals surface area contributed by atoms with Crippen molar-refractivity contribution in [2.24, 2.45) is 0 Å². The van der Waals surface area contributed by atoms with E-state index in [0.717, 1.165) is 10.0 Å². The van der Waals surface area contributed by atoms with Gasteiger partial charge in [-0.2, -0.15) is 0 Å². The number of hydrogen-bond donors (Lipinski definition) is 3. The van der Waals surface area contributed by atoms with Crippen molar-refractivity contribution in [2.45, 2.75) is 6.42 Å². The van der Waals surface area contributed by atoms with Gasteiger partial charge in [0.2, 0.25) is 5.91 Å². The lowest BCUT2D eigenvalue weighted by Gasteiger charge is -2.12. The smallest absolute Gasteiger partial charge is 0.228 e. The zero-order valence-corrected chi connectivity index (χ0v) is 11.9. The molecule has 0 fully saturated rings. The van der Waals surface area contributed by atoms with E-state index >= 15 is 0 Å². The van der Waals surface area contributed by atoms with Crippen molar-refractivity contribution in [1.82, 2.24) is 0 Å². The molecule has 0 unspecified atom stereocenters. The summed E-state index contributed by atoms with van der Waals surface area (Å²) in [6.45, 7) is 0. The average molecular weight is 336 g/mol. The highest BCUT2D eigenvalue weighted by atomic mass is 79.9. The fourth-order valence-electron chi connectivity index (χ4n) is 2.14. The van der Waals surface area contributed by atoms with Gasteiger partial charge in [-0.1, -0.05) is 15.9 Å². The number of halogens is 2. The molecule has 1 heterocycles. The molecule has 102 valence electrons.